The van der Waals surface area contributed by atoms with Gasteiger partial charge in [0.05, 0.1) is 0 Å². The van der Waals surface area contributed by atoms with Crippen molar-refractivity contribution < 1.29 is 14.3 Å². The quantitative estimate of drug-likeness (QED) is 0.777. The first-order valence-electron chi connectivity index (χ1n) is 4.11. The Kier molecular flexibility index (Phi) is 4.62. The van der Waals surface area contributed by atoms with Crippen LogP contribution < -0.4 is 0 Å². The molecule has 76 valence electrons. The van der Waals surface area contributed by atoms with Crippen LogP contribution in [0, 0.1) is 0 Å². The molecule has 1 aromatic rings. The maximum atomic E-state index is 10.9. The summed E-state index contributed by atoms with van der Waals surface area (Å²) in [6.45, 7) is 0.284. The average molecular weight is 259 g/mol. The number of carbonyl (C=O) groups excluding carboxylic acids is 1. The molecular formula is C10H11BrO3. The third-order valence-electron chi connectivity index (χ3n) is 1.58. The SMILES string of the molecule is COCC(=O)OCc1ccc(Br)cc1. The molecule has 4 heteroatoms. The average Bonchev–Trinajstić information content (AvgIpc) is 2.17. The first kappa shape index (κ1) is 11.2. The fraction of sp³-hybridized carbons (Fsp3) is 0.300. The maximum Gasteiger partial charge on any atom is 0.332 e. The van der Waals surface area contributed by atoms with Crippen LogP contribution in [-0.2, 0) is 20.9 Å². The van der Waals surface area contributed by atoms with Crippen LogP contribution in [0.4, 0.5) is 0 Å². The van der Waals surface area contributed by atoms with Gasteiger partial charge in [0.15, 0.2) is 0 Å². The zero-order valence-electron chi connectivity index (χ0n) is 7.83. The van der Waals surface area contributed by atoms with Gasteiger partial charge in [0, 0.05) is 11.6 Å². The van der Waals surface area contributed by atoms with Gasteiger partial charge in [0.2, 0.25) is 0 Å². The van der Waals surface area contributed by atoms with E-state index in [1.165, 1.54) is 7.11 Å². The second-order valence-electron chi connectivity index (χ2n) is 2.72. The molecule has 0 aliphatic carbocycles. The summed E-state index contributed by atoms with van der Waals surface area (Å²) in [7, 11) is 1.46. The highest BCUT2D eigenvalue weighted by atomic mass is 79.9. The molecule has 0 N–H and O–H groups in total. The van der Waals surface area contributed by atoms with Crippen LogP contribution in [0.5, 0.6) is 0 Å². The van der Waals surface area contributed by atoms with E-state index in [2.05, 4.69) is 20.7 Å². The molecule has 0 aliphatic heterocycles. The first-order valence-corrected chi connectivity index (χ1v) is 4.90. The Labute approximate surface area is 91.1 Å². The van der Waals surface area contributed by atoms with E-state index in [9.17, 15) is 4.79 Å². The molecule has 0 saturated carbocycles. The lowest BCUT2D eigenvalue weighted by Crippen LogP contribution is -2.10. The third-order valence-corrected chi connectivity index (χ3v) is 2.10. The van der Waals surface area contributed by atoms with Crippen LogP contribution in [0.1, 0.15) is 5.56 Å². The molecule has 1 aromatic carbocycles. The fourth-order valence-electron chi connectivity index (χ4n) is 0.904. The van der Waals surface area contributed by atoms with E-state index < -0.39 is 0 Å². The molecule has 0 bridgehead atoms. The predicted octanol–water partition coefficient (Wildman–Crippen LogP) is 2.14. The summed E-state index contributed by atoms with van der Waals surface area (Å²) < 4.78 is 10.6. The Hall–Kier alpha value is -0.870. The van der Waals surface area contributed by atoms with Crippen molar-refractivity contribution in [3.63, 3.8) is 0 Å². The molecule has 0 aromatic heterocycles. The second-order valence-corrected chi connectivity index (χ2v) is 3.64. The summed E-state index contributed by atoms with van der Waals surface area (Å²) in [6.07, 6.45) is 0. The number of carbonyl (C=O) groups is 1. The van der Waals surface area contributed by atoms with Gasteiger partial charge in [-0.3, -0.25) is 0 Å². The van der Waals surface area contributed by atoms with Gasteiger partial charge in [-0.1, -0.05) is 28.1 Å². The number of benzene rings is 1. The Morgan fingerprint density at radius 2 is 2.00 bits per heavy atom. The molecular weight excluding hydrogens is 248 g/mol. The number of esters is 1. The zero-order valence-corrected chi connectivity index (χ0v) is 9.41. The summed E-state index contributed by atoms with van der Waals surface area (Å²) in [5.74, 6) is -0.351. The molecule has 0 heterocycles. The Morgan fingerprint density at radius 3 is 2.57 bits per heavy atom. The summed E-state index contributed by atoms with van der Waals surface area (Å²) in [5.41, 5.74) is 0.956. The molecule has 0 atom stereocenters. The van der Waals surface area contributed by atoms with Gasteiger partial charge in [-0.25, -0.2) is 4.79 Å². The Balaban J connectivity index is 2.38. The molecule has 0 spiro atoms. The molecule has 0 aliphatic rings. The van der Waals surface area contributed by atoms with Crippen LogP contribution in [0.3, 0.4) is 0 Å². The van der Waals surface area contributed by atoms with E-state index in [1.54, 1.807) is 0 Å². The van der Waals surface area contributed by atoms with Crippen molar-refractivity contribution in [1.82, 2.24) is 0 Å². The second kappa shape index (κ2) is 5.78. The summed E-state index contributed by atoms with van der Waals surface area (Å²) >= 11 is 3.32. The van der Waals surface area contributed by atoms with Gasteiger partial charge in [-0.05, 0) is 17.7 Å². The van der Waals surface area contributed by atoms with E-state index >= 15 is 0 Å². The third kappa shape index (κ3) is 3.89. The lowest BCUT2D eigenvalue weighted by molar-refractivity contribution is -0.149. The summed E-state index contributed by atoms with van der Waals surface area (Å²) in [6, 6.07) is 7.59. The molecule has 1 rings (SSSR count). The van der Waals surface area contributed by atoms with Gasteiger partial charge < -0.3 is 9.47 Å². The van der Waals surface area contributed by atoms with Crippen molar-refractivity contribution in [3.8, 4) is 0 Å². The number of rotatable bonds is 4. The topological polar surface area (TPSA) is 35.5 Å². The van der Waals surface area contributed by atoms with Crippen molar-refractivity contribution >= 4 is 21.9 Å². The molecule has 0 unspecified atom stereocenters. The van der Waals surface area contributed by atoms with Gasteiger partial charge in [0.25, 0.3) is 0 Å². The number of ether oxygens (including phenoxy) is 2. The molecule has 3 nitrogen and oxygen atoms in total. The Bertz CT molecular complexity index is 295. The molecule has 0 amide bonds. The predicted molar refractivity (Wildman–Crippen MR) is 55.8 cm³/mol. The largest absolute Gasteiger partial charge is 0.459 e. The van der Waals surface area contributed by atoms with Crippen molar-refractivity contribution in [1.29, 1.82) is 0 Å². The van der Waals surface area contributed by atoms with E-state index in [4.69, 9.17) is 4.74 Å². The van der Waals surface area contributed by atoms with E-state index in [0.717, 1.165) is 10.0 Å². The minimum atomic E-state index is -0.351. The number of halogens is 1. The lowest BCUT2D eigenvalue weighted by Gasteiger charge is -2.03. The number of hydrogen-bond donors (Lipinski definition) is 0. The summed E-state index contributed by atoms with van der Waals surface area (Å²) in [4.78, 5) is 10.9. The van der Waals surface area contributed by atoms with Crippen LogP contribution in [0.15, 0.2) is 28.7 Å². The van der Waals surface area contributed by atoms with Crippen LogP contribution in [0.25, 0.3) is 0 Å². The normalized spacial score (nSPS) is 9.86. The minimum absolute atomic E-state index is 0.00344. The Morgan fingerprint density at radius 1 is 1.36 bits per heavy atom. The van der Waals surface area contributed by atoms with Gasteiger partial charge >= 0.3 is 5.97 Å². The van der Waals surface area contributed by atoms with E-state index in [1.807, 2.05) is 24.3 Å². The van der Waals surface area contributed by atoms with E-state index in [-0.39, 0.29) is 19.2 Å². The minimum Gasteiger partial charge on any atom is -0.459 e. The molecule has 0 radical (unpaired) electrons. The number of methoxy groups -OCH3 is 1. The first-order chi connectivity index (χ1) is 6.72. The van der Waals surface area contributed by atoms with Crippen molar-refractivity contribution in [2.24, 2.45) is 0 Å². The maximum absolute atomic E-state index is 10.9. The van der Waals surface area contributed by atoms with Gasteiger partial charge in [0.1, 0.15) is 13.2 Å². The van der Waals surface area contributed by atoms with E-state index in [0.29, 0.717) is 0 Å². The molecule has 0 fully saturated rings. The van der Waals surface area contributed by atoms with Crippen molar-refractivity contribution in [3.05, 3.63) is 34.3 Å². The summed E-state index contributed by atoms with van der Waals surface area (Å²) in [5, 5.41) is 0. The highest BCUT2D eigenvalue weighted by Crippen LogP contribution is 2.11. The number of hydrogen-bond acceptors (Lipinski definition) is 3. The highest BCUT2D eigenvalue weighted by molar-refractivity contribution is 9.10. The van der Waals surface area contributed by atoms with Crippen molar-refractivity contribution in [2.45, 2.75) is 6.61 Å². The van der Waals surface area contributed by atoms with Gasteiger partial charge in [-0.2, -0.15) is 0 Å². The van der Waals surface area contributed by atoms with Gasteiger partial charge in [-0.15, -0.1) is 0 Å². The zero-order chi connectivity index (χ0) is 10.4. The smallest absolute Gasteiger partial charge is 0.332 e. The van der Waals surface area contributed by atoms with Crippen LogP contribution >= 0.6 is 15.9 Å². The lowest BCUT2D eigenvalue weighted by atomic mass is 10.2. The molecule has 0 saturated heterocycles. The van der Waals surface area contributed by atoms with Crippen LogP contribution in [0.2, 0.25) is 0 Å². The highest BCUT2D eigenvalue weighted by Gasteiger charge is 2.01. The molecule has 14 heavy (non-hydrogen) atoms. The fourth-order valence-corrected chi connectivity index (χ4v) is 1.17. The monoisotopic (exact) mass is 258 g/mol. The standard InChI is InChI=1S/C10H11BrO3/c1-13-7-10(12)14-6-8-2-4-9(11)5-3-8/h2-5H,6-7H2,1H3. The van der Waals surface area contributed by atoms with Crippen LogP contribution in [-0.4, -0.2) is 19.7 Å². The van der Waals surface area contributed by atoms with Crippen molar-refractivity contribution in [2.75, 3.05) is 13.7 Å².